The Hall–Kier alpha value is -1.03. The lowest BCUT2D eigenvalue weighted by atomic mass is 10.1. The summed E-state index contributed by atoms with van der Waals surface area (Å²) in [6.07, 6.45) is 1.77. The zero-order valence-corrected chi connectivity index (χ0v) is 12.4. The number of benzene rings is 1. The number of allylic oxidation sites excluding steroid dienone is 1. The number of hydrogen-bond donors (Lipinski definition) is 2. The number of hydrogen-bond acceptors (Lipinski definition) is 2. The molecule has 19 heavy (non-hydrogen) atoms. The molecule has 1 unspecified atom stereocenters. The van der Waals surface area contributed by atoms with Crippen LogP contribution in [-0.2, 0) is 4.79 Å². The van der Waals surface area contributed by atoms with Gasteiger partial charge in [-0.25, -0.2) is 0 Å². The van der Waals surface area contributed by atoms with E-state index in [2.05, 4.69) is 5.32 Å². The fraction of sp³-hybridized carbons (Fsp3) is 0.357. The highest BCUT2D eigenvalue weighted by Crippen LogP contribution is 2.25. The molecule has 1 aromatic rings. The van der Waals surface area contributed by atoms with Crippen LogP contribution in [0.5, 0.6) is 0 Å². The van der Waals surface area contributed by atoms with Gasteiger partial charge >= 0.3 is 0 Å². The van der Waals surface area contributed by atoms with E-state index in [4.69, 9.17) is 23.2 Å². The first-order valence-corrected chi connectivity index (χ1v) is 6.79. The Labute approximate surface area is 123 Å². The van der Waals surface area contributed by atoms with Gasteiger partial charge in [0.2, 0.25) is 5.91 Å². The molecule has 0 aliphatic heterocycles. The van der Waals surface area contributed by atoms with E-state index in [9.17, 15) is 9.90 Å². The van der Waals surface area contributed by atoms with Gasteiger partial charge in [-0.3, -0.25) is 4.79 Å². The van der Waals surface area contributed by atoms with Crippen LogP contribution in [0.2, 0.25) is 10.0 Å². The number of halogens is 2. The molecule has 0 spiro atoms. The molecule has 0 bridgehead atoms. The van der Waals surface area contributed by atoms with Gasteiger partial charge in [0.05, 0.1) is 6.10 Å². The average molecular weight is 302 g/mol. The number of nitrogens with one attached hydrogen (secondary N) is 1. The van der Waals surface area contributed by atoms with Gasteiger partial charge in [0.15, 0.2) is 0 Å². The van der Waals surface area contributed by atoms with Crippen LogP contribution in [0.3, 0.4) is 0 Å². The summed E-state index contributed by atoms with van der Waals surface area (Å²) in [6.45, 7) is 3.80. The van der Waals surface area contributed by atoms with Crippen molar-refractivity contribution in [2.75, 3.05) is 6.54 Å². The minimum absolute atomic E-state index is 0.106. The monoisotopic (exact) mass is 301 g/mol. The van der Waals surface area contributed by atoms with Crippen molar-refractivity contribution >= 4 is 29.1 Å². The summed E-state index contributed by atoms with van der Waals surface area (Å²) < 4.78 is 0. The molecule has 5 heteroatoms. The van der Waals surface area contributed by atoms with Crippen LogP contribution >= 0.6 is 23.2 Å². The third-order valence-corrected chi connectivity index (χ3v) is 3.21. The third-order valence-electron chi connectivity index (χ3n) is 2.65. The first-order valence-electron chi connectivity index (χ1n) is 6.03. The fourth-order valence-electron chi connectivity index (χ4n) is 1.61. The molecule has 0 aliphatic carbocycles. The first kappa shape index (κ1) is 16.0. The van der Waals surface area contributed by atoms with Crippen molar-refractivity contribution in [1.82, 2.24) is 5.32 Å². The maximum Gasteiger partial charge on any atom is 0.246 e. The topological polar surface area (TPSA) is 49.3 Å². The summed E-state index contributed by atoms with van der Waals surface area (Å²) in [5.41, 5.74) is 1.18. The van der Waals surface area contributed by atoms with Gasteiger partial charge in [0.25, 0.3) is 0 Å². The molecule has 0 radical (unpaired) electrons. The largest absolute Gasteiger partial charge is 0.387 e. The van der Waals surface area contributed by atoms with E-state index >= 15 is 0 Å². The van der Waals surface area contributed by atoms with E-state index < -0.39 is 6.10 Å². The molecule has 2 N–H and O–H groups in total. The van der Waals surface area contributed by atoms with E-state index in [-0.39, 0.29) is 12.5 Å². The molecule has 1 rings (SSSR count). The summed E-state index contributed by atoms with van der Waals surface area (Å²) in [6, 6.07) is 4.86. The van der Waals surface area contributed by atoms with Crippen molar-refractivity contribution < 1.29 is 9.90 Å². The Morgan fingerprint density at radius 1 is 1.47 bits per heavy atom. The van der Waals surface area contributed by atoms with Crippen LogP contribution in [0.15, 0.2) is 29.8 Å². The summed E-state index contributed by atoms with van der Waals surface area (Å²) in [5.74, 6) is -0.189. The number of carbonyl (C=O) groups is 1. The van der Waals surface area contributed by atoms with Gasteiger partial charge in [0.1, 0.15) is 0 Å². The van der Waals surface area contributed by atoms with Crippen LogP contribution in [0.4, 0.5) is 0 Å². The van der Waals surface area contributed by atoms with E-state index in [0.717, 1.165) is 6.42 Å². The summed E-state index contributed by atoms with van der Waals surface area (Å²) in [7, 11) is 0. The van der Waals surface area contributed by atoms with Crippen molar-refractivity contribution in [2.45, 2.75) is 26.4 Å². The van der Waals surface area contributed by atoms with Crippen LogP contribution in [0.1, 0.15) is 31.9 Å². The van der Waals surface area contributed by atoms with Crippen molar-refractivity contribution in [1.29, 1.82) is 0 Å². The van der Waals surface area contributed by atoms with Crippen molar-refractivity contribution in [3.8, 4) is 0 Å². The predicted molar refractivity (Wildman–Crippen MR) is 78.5 cm³/mol. The molecule has 0 saturated carbocycles. The highest BCUT2D eigenvalue weighted by Gasteiger charge is 2.13. The zero-order chi connectivity index (χ0) is 14.4. The summed E-state index contributed by atoms with van der Waals surface area (Å²) >= 11 is 11.8. The minimum atomic E-state index is -0.858. The molecule has 0 saturated heterocycles. The third kappa shape index (κ3) is 4.86. The molecule has 0 aromatic heterocycles. The second kappa shape index (κ2) is 7.53. The second-order valence-electron chi connectivity index (χ2n) is 4.19. The number of carbonyl (C=O) groups excluding carboxylic acids is 1. The average Bonchev–Trinajstić information content (AvgIpc) is 2.35. The van der Waals surface area contributed by atoms with Crippen molar-refractivity contribution in [3.05, 3.63) is 45.5 Å². The normalized spacial score (nSPS) is 13.2. The Bertz CT molecular complexity index is 486. The Morgan fingerprint density at radius 3 is 2.74 bits per heavy atom. The quantitative estimate of drug-likeness (QED) is 0.818. The van der Waals surface area contributed by atoms with Gasteiger partial charge in [-0.2, -0.15) is 0 Å². The van der Waals surface area contributed by atoms with Crippen LogP contribution in [-0.4, -0.2) is 17.6 Å². The lowest BCUT2D eigenvalue weighted by molar-refractivity contribution is -0.117. The van der Waals surface area contributed by atoms with Gasteiger partial charge in [0, 0.05) is 27.7 Å². The maximum absolute atomic E-state index is 11.7. The maximum atomic E-state index is 11.7. The van der Waals surface area contributed by atoms with Gasteiger partial charge < -0.3 is 10.4 Å². The fourth-order valence-corrected chi connectivity index (χ4v) is 2.14. The molecule has 0 fully saturated rings. The highest BCUT2D eigenvalue weighted by molar-refractivity contribution is 6.35. The van der Waals surface area contributed by atoms with Crippen molar-refractivity contribution in [2.24, 2.45) is 0 Å². The van der Waals surface area contributed by atoms with Crippen LogP contribution < -0.4 is 5.32 Å². The van der Waals surface area contributed by atoms with E-state index in [1.807, 2.05) is 13.0 Å². The predicted octanol–water partition coefficient (Wildman–Crippen LogP) is 3.50. The molecule has 1 atom stereocenters. The minimum Gasteiger partial charge on any atom is -0.387 e. The highest BCUT2D eigenvalue weighted by atomic mass is 35.5. The van der Waals surface area contributed by atoms with Gasteiger partial charge in [-0.15, -0.1) is 0 Å². The lowest BCUT2D eigenvalue weighted by Crippen LogP contribution is -2.29. The first-order chi connectivity index (χ1) is 8.95. The van der Waals surface area contributed by atoms with Crippen molar-refractivity contribution in [3.63, 3.8) is 0 Å². The van der Waals surface area contributed by atoms with E-state index in [1.54, 1.807) is 25.1 Å². The summed E-state index contributed by atoms with van der Waals surface area (Å²) in [5, 5.41) is 13.5. The lowest BCUT2D eigenvalue weighted by Gasteiger charge is -2.14. The molecule has 1 amide bonds. The molecule has 0 aliphatic rings. The Kier molecular flexibility index (Phi) is 6.35. The molecular weight excluding hydrogens is 285 g/mol. The Morgan fingerprint density at radius 2 is 2.16 bits per heavy atom. The zero-order valence-electron chi connectivity index (χ0n) is 10.9. The summed E-state index contributed by atoms with van der Waals surface area (Å²) in [4.78, 5) is 11.7. The second-order valence-corrected chi connectivity index (χ2v) is 5.03. The molecule has 104 valence electrons. The van der Waals surface area contributed by atoms with Gasteiger partial charge in [-0.1, -0.05) is 42.3 Å². The van der Waals surface area contributed by atoms with Crippen LogP contribution in [0, 0.1) is 0 Å². The van der Waals surface area contributed by atoms with Gasteiger partial charge in [-0.05, 0) is 25.5 Å². The molecule has 3 nitrogen and oxygen atoms in total. The number of rotatable bonds is 5. The van der Waals surface area contributed by atoms with Crippen LogP contribution in [0.25, 0.3) is 0 Å². The smallest absolute Gasteiger partial charge is 0.246 e. The standard InChI is InChI=1S/C14H17Cl2NO2/c1-3-4-9(2)14(19)17-8-13(18)11-6-5-10(15)7-12(11)16/h4-7,13,18H,3,8H2,1-2H3,(H,17,19)/b9-4-. The number of amides is 1. The molecule has 0 heterocycles. The molecule has 1 aromatic carbocycles. The van der Waals surface area contributed by atoms with E-state index in [0.29, 0.717) is 21.2 Å². The number of aliphatic hydroxyl groups excluding tert-OH is 1. The number of aliphatic hydroxyl groups is 1. The Balaban J connectivity index is 2.63. The SMILES string of the molecule is CC/C=C(/C)C(=O)NCC(O)c1ccc(Cl)cc1Cl. The molecular formula is C14H17Cl2NO2. The van der Waals surface area contributed by atoms with E-state index in [1.165, 1.54) is 0 Å².